The molecule has 0 atom stereocenters. The molecule has 5 nitrogen and oxygen atoms in total. The molecule has 0 heterocycles. The molecule has 0 N–H and O–H groups in total. The molecule has 0 aliphatic heterocycles. The van der Waals surface area contributed by atoms with Crippen LogP contribution >= 0.6 is 0 Å². The molecule has 0 aromatic rings. The van der Waals surface area contributed by atoms with Crippen molar-refractivity contribution in [3.8, 4) is 0 Å². The Hall–Kier alpha value is -0.940. The fourth-order valence-corrected chi connectivity index (χ4v) is 2.16. The predicted octanol–water partition coefficient (Wildman–Crippen LogP) is 0.987. The summed E-state index contributed by atoms with van der Waals surface area (Å²) in [4.78, 5) is 25.2. The van der Waals surface area contributed by atoms with Crippen molar-refractivity contribution in [3.05, 3.63) is 0 Å². The van der Waals surface area contributed by atoms with E-state index in [0.717, 1.165) is 48.0 Å². The molecular weight excluding hydrogens is 266 g/mol. The third-order valence-corrected chi connectivity index (χ3v) is 3.27. The Morgan fingerprint density at radius 3 is 1.48 bits per heavy atom. The van der Waals surface area contributed by atoms with E-state index in [-0.39, 0.29) is 18.1 Å². The van der Waals surface area contributed by atoms with Gasteiger partial charge >= 0.3 is 0 Å². The fourth-order valence-electron chi connectivity index (χ4n) is 2.16. The van der Waals surface area contributed by atoms with E-state index in [2.05, 4.69) is 42.3 Å². The van der Waals surface area contributed by atoms with E-state index in [1.54, 1.807) is 0 Å². The zero-order chi connectivity index (χ0) is 16.7. The second-order valence-electron chi connectivity index (χ2n) is 7.99. The molecule has 0 aromatic heterocycles. The van der Waals surface area contributed by atoms with Crippen LogP contribution in [0.15, 0.2) is 0 Å². The predicted molar refractivity (Wildman–Crippen MR) is 86.9 cm³/mol. The second kappa shape index (κ2) is 8.49. The third kappa shape index (κ3) is 12.5. The number of rotatable bonds is 10. The second-order valence-corrected chi connectivity index (χ2v) is 7.99. The maximum absolute atomic E-state index is 12.2. The van der Waals surface area contributed by atoms with Crippen molar-refractivity contribution in [2.24, 2.45) is 0 Å². The minimum absolute atomic E-state index is 0.0229. The van der Waals surface area contributed by atoms with E-state index in [1.807, 2.05) is 4.90 Å². The molecule has 0 radical (unpaired) electrons. The first-order valence-corrected chi connectivity index (χ1v) is 7.79. The lowest BCUT2D eigenvalue weighted by Crippen LogP contribution is -2.41. The molecule has 21 heavy (non-hydrogen) atoms. The van der Waals surface area contributed by atoms with E-state index < -0.39 is 0 Å². The number of quaternary nitrogens is 2. The molecule has 0 unspecified atom stereocenters. The van der Waals surface area contributed by atoms with Crippen LogP contribution < -0.4 is 0 Å². The van der Waals surface area contributed by atoms with E-state index in [4.69, 9.17) is 0 Å². The van der Waals surface area contributed by atoms with Gasteiger partial charge in [-0.15, -0.1) is 0 Å². The quantitative estimate of drug-likeness (QED) is 0.446. The molecule has 0 rings (SSSR count). The van der Waals surface area contributed by atoms with Crippen molar-refractivity contribution < 1.29 is 18.6 Å². The number of hydrogen-bond acceptors (Lipinski definition) is 2. The first-order chi connectivity index (χ1) is 9.41. The lowest BCUT2D eigenvalue weighted by molar-refractivity contribution is -0.870. The Bertz CT molecular complexity index is 320. The van der Waals surface area contributed by atoms with Crippen LogP contribution in [0.5, 0.6) is 0 Å². The van der Waals surface area contributed by atoms with Gasteiger partial charge < -0.3 is 13.9 Å². The summed E-state index contributed by atoms with van der Waals surface area (Å²) in [5, 5.41) is 0. The maximum Gasteiger partial charge on any atom is 0.230 e. The van der Waals surface area contributed by atoms with Crippen molar-refractivity contribution in [2.75, 3.05) is 68.5 Å². The Balaban J connectivity index is 4.40. The molecule has 0 bridgehead atoms. The molecule has 124 valence electrons. The highest BCUT2D eigenvalue weighted by atomic mass is 16.2. The number of amides is 1. The Morgan fingerprint density at radius 1 is 0.810 bits per heavy atom. The van der Waals surface area contributed by atoms with E-state index in [1.165, 1.54) is 6.92 Å². The average molecular weight is 301 g/mol. The third-order valence-electron chi connectivity index (χ3n) is 3.27. The molecule has 5 heteroatoms. The normalized spacial score (nSPS) is 12.3. The minimum Gasteiger partial charge on any atom is -0.342 e. The summed E-state index contributed by atoms with van der Waals surface area (Å²) in [6, 6.07) is 0. The number of carbonyl (C=O) groups is 2. The smallest absolute Gasteiger partial charge is 0.230 e. The fraction of sp³-hybridized carbons (Fsp3) is 0.875. The van der Waals surface area contributed by atoms with Crippen molar-refractivity contribution in [3.63, 3.8) is 0 Å². The summed E-state index contributed by atoms with van der Waals surface area (Å²) in [7, 11) is 12.9. The molecule has 0 aromatic carbocycles. The summed E-state index contributed by atoms with van der Waals surface area (Å²) in [6.45, 7) is 5.03. The zero-order valence-corrected chi connectivity index (χ0v) is 15.1. The molecule has 0 aliphatic rings. The van der Waals surface area contributed by atoms with Crippen LogP contribution in [0.1, 0.15) is 26.2 Å². The zero-order valence-electron chi connectivity index (χ0n) is 15.1. The van der Waals surface area contributed by atoms with Crippen LogP contribution in [0.4, 0.5) is 0 Å². The van der Waals surface area contributed by atoms with Gasteiger partial charge in [0.25, 0.3) is 0 Å². The minimum atomic E-state index is -0.0526. The molecular formula is C16H35N3O2+2. The molecule has 0 aliphatic carbocycles. The van der Waals surface area contributed by atoms with E-state index >= 15 is 0 Å². The number of carbonyl (C=O) groups excluding carboxylic acids is 2. The molecule has 0 saturated heterocycles. The summed E-state index contributed by atoms with van der Waals surface area (Å²) in [5.74, 6) is -0.0754. The van der Waals surface area contributed by atoms with Crippen molar-refractivity contribution in [1.82, 2.24) is 4.90 Å². The SMILES string of the molecule is CC(=O)CC(=O)N(CCC[N+](C)(C)C)CCC[N+](C)(C)C. The van der Waals surface area contributed by atoms with Gasteiger partial charge in [0.15, 0.2) is 0 Å². The lowest BCUT2D eigenvalue weighted by Gasteiger charge is -2.29. The van der Waals surface area contributed by atoms with Crippen LogP contribution in [0.2, 0.25) is 0 Å². The van der Waals surface area contributed by atoms with Gasteiger partial charge in [-0.05, 0) is 6.92 Å². The summed E-state index contributed by atoms with van der Waals surface area (Å²) >= 11 is 0. The van der Waals surface area contributed by atoms with E-state index in [0.29, 0.717) is 0 Å². The molecule has 0 spiro atoms. The van der Waals surface area contributed by atoms with Gasteiger partial charge in [-0.1, -0.05) is 0 Å². The first-order valence-electron chi connectivity index (χ1n) is 7.79. The Labute approximate surface area is 130 Å². The van der Waals surface area contributed by atoms with Crippen LogP contribution in [-0.2, 0) is 9.59 Å². The summed E-state index contributed by atoms with van der Waals surface area (Å²) < 4.78 is 1.79. The maximum atomic E-state index is 12.2. The van der Waals surface area contributed by atoms with Gasteiger partial charge in [0.05, 0.1) is 61.8 Å². The summed E-state index contributed by atoms with van der Waals surface area (Å²) in [6.07, 6.45) is 1.98. The highest BCUT2D eigenvalue weighted by Gasteiger charge is 2.17. The van der Waals surface area contributed by atoms with Crippen molar-refractivity contribution in [1.29, 1.82) is 0 Å². The van der Waals surface area contributed by atoms with Gasteiger partial charge in [0.2, 0.25) is 5.91 Å². The number of ketones is 1. The Morgan fingerprint density at radius 2 is 1.19 bits per heavy atom. The molecule has 0 saturated carbocycles. The topological polar surface area (TPSA) is 37.4 Å². The van der Waals surface area contributed by atoms with Crippen LogP contribution in [0.3, 0.4) is 0 Å². The molecule has 1 amide bonds. The monoisotopic (exact) mass is 301 g/mol. The van der Waals surface area contributed by atoms with Crippen molar-refractivity contribution in [2.45, 2.75) is 26.2 Å². The first kappa shape index (κ1) is 20.1. The van der Waals surface area contributed by atoms with Gasteiger partial charge in [-0.3, -0.25) is 9.59 Å². The standard InChI is InChI=1S/C16H35N3O2/c1-15(20)14-16(21)17(10-8-12-18(2,3)4)11-9-13-19(5,6)7/h8-14H2,1-7H3/q+2. The van der Waals surface area contributed by atoms with Crippen LogP contribution in [-0.4, -0.2) is 94.0 Å². The highest BCUT2D eigenvalue weighted by Crippen LogP contribution is 2.04. The number of hydrogen-bond donors (Lipinski definition) is 0. The molecule has 0 fully saturated rings. The Kier molecular flexibility index (Phi) is 8.11. The number of nitrogens with zero attached hydrogens (tertiary/aromatic N) is 3. The van der Waals surface area contributed by atoms with E-state index in [9.17, 15) is 9.59 Å². The van der Waals surface area contributed by atoms with Gasteiger partial charge in [0.1, 0.15) is 5.78 Å². The van der Waals surface area contributed by atoms with Crippen LogP contribution in [0.25, 0.3) is 0 Å². The lowest BCUT2D eigenvalue weighted by atomic mass is 10.2. The van der Waals surface area contributed by atoms with Gasteiger partial charge in [0, 0.05) is 25.9 Å². The average Bonchev–Trinajstić information content (AvgIpc) is 2.22. The largest absolute Gasteiger partial charge is 0.342 e. The van der Waals surface area contributed by atoms with Gasteiger partial charge in [-0.2, -0.15) is 0 Å². The number of Topliss-reactive ketones (excluding diaryl/α,β-unsaturated/α-hetero) is 1. The van der Waals surface area contributed by atoms with Gasteiger partial charge in [-0.25, -0.2) is 0 Å². The highest BCUT2D eigenvalue weighted by molar-refractivity contribution is 5.96. The van der Waals surface area contributed by atoms with Crippen LogP contribution in [0, 0.1) is 0 Å². The van der Waals surface area contributed by atoms with Crippen molar-refractivity contribution >= 4 is 11.7 Å². The summed E-state index contributed by atoms with van der Waals surface area (Å²) in [5.41, 5.74) is 0.